The number of carbonyl (C=O) groups is 1. The maximum Gasteiger partial charge on any atom is 0.271 e. The third-order valence-electron chi connectivity index (χ3n) is 3.65. The molecule has 1 N–H and O–H groups in total. The second kappa shape index (κ2) is 11.8. The van der Waals surface area contributed by atoms with Crippen LogP contribution in [0.3, 0.4) is 0 Å². The van der Waals surface area contributed by atoms with Crippen molar-refractivity contribution in [3.63, 3.8) is 0 Å². The van der Waals surface area contributed by atoms with Crippen LogP contribution in [-0.2, 0) is 0 Å². The smallest absolute Gasteiger partial charge is 0.271 e. The van der Waals surface area contributed by atoms with E-state index in [1.54, 1.807) is 42.5 Å². The van der Waals surface area contributed by atoms with Gasteiger partial charge in [-0.1, -0.05) is 31.2 Å². The topological polar surface area (TPSA) is 69.2 Å². The lowest BCUT2D eigenvalue weighted by Crippen LogP contribution is -2.17. The van der Waals surface area contributed by atoms with Crippen LogP contribution in [0.15, 0.2) is 54.2 Å². The monoisotopic (exact) mass is 416 g/mol. The van der Waals surface area contributed by atoms with Gasteiger partial charge in [-0.2, -0.15) is 5.10 Å². The van der Waals surface area contributed by atoms with E-state index in [4.69, 9.17) is 25.8 Å². The lowest BCUT2D eigenvalue weighted by molar-refractivity contribution is 0.0955. The van der Waals surface area contributed by atoms with Crippen LogP contribution in [-0.4, -0.2) is 31.9 Å². The molecule has 0 saturated carbocycles. The van der Waals surface area contributed by atoms with E-state index >= 15 is 0 Å². The highest BCUT2D eigenvalue weighted by atomic mass is 35.5. The second-order valence-electron chi connectivity index (χ2n) is 5.93. The Kier molecular flexibility index (Phi) is 9.05. The molecule has 2 aromatic rings. The normalized spacial score (nSPS) is 10.6. The summed E-state index contributed by atoms with van der Waals surface area (Å²) >= 11 is 6.29. The van der Waals surface area contributed by atoms with Crippen LogP contribution in [0, 0.1) is 0 Å². The average molecular weight is 417 g/mol. The molecule has 1 amide bonds. The lowest BCUT2D eigenvalue weighted by atomic mass is 10.2. The van der Waals surface area contributed by atoms with Crippen LogP contribution in [0.4, 0.5) is 0 Å². The molecule has 0 heterocycles. The van der Waals surface area contributed by atoms with Crippen LogP contribution in [0.5, 0.6) is 17.2 Å². The summed E-state index contributed by atoms with van der Waals surface area (Å²) in [5.41, 5.74) is 3.63. The van der Waals surface area contributed by atoms with Crippen molar-refractivity contribution in [1.29, 1.82) is 0 Å². The number of carbonyl (C=O) groups excluding carboxylic acids is 1. The van der Waals surface area contributed by atoms with Gasteiger partial charge in [-0.15, -0.1) is 0 Å². The summed E-state index contributed by atoms with van der Waals surface area (Å²) in [6.45, 7) is 8.92. The predicted molar refractivity (Wildman–Crippen MR) is 116 cm³/mol. The first-order valence-electron chi connectivity index (χ1n) is 9.35. The number of rotatable bonds is 11. The van der Waals surface area contributed by atoms with Crippen molar-refractivity contribution in [1.82, 2.24) is 5.43 Å². The summed E-state index contributed by atoms with van der Waals surface area (Å²) in [5, 5.41) is 4.38. The standard InChI is InChI=1S/C22H25ClN2O4/c1-4-11-28-18-9-7-17(8-10-18)22(26)25-24-15-16-13-19(23)21(29-12-5-2)20(14-16)27-6-3/h5,7-10,13-15H,2,4,6,11-12H2,1,3H3,(H,25,26)/b24-15-. The molecule has 0 unspecified atom stereocenters. The number of hydrazone groups is 1. The Bertz CT molecular complexity index is 851. The van der Waals surface area contributed by atoms with Crippen LogP contribution in [0.1, 0.15) is 36.2 Å². The molecule has 0 aliphatic rings. The van der Waals surface area contributed by atoms with E-state index in [-0.39, 0.29) is 5.91 Å². The Morgan fingerprint density at radius 3 is 2.59 bits per heavy atom. The van der Waals surface area contributed by atoms with Crippen molar-refractivity contribution in [2.24, 2.45) is 5.10 Å². The van der Waals surface area contributed by atoms with Crippen molar-refractivity contribution in [2.45, 2.75) is 20.3 Å². The van der Waals surface area contributed by atoms with Gasteiger partial charge < -0.3 is 14.2 Å². The molecule has 0 aliphatic carbocycles. The number of benzene rings is 2. The quantitative estimate of drug-likeness (QED) is 0.323. The van der Waals surface area contributed by atoms with Gasteiger partial charge >= 0.3 is 0 Å². The molecule has 0 fully saturated rings. The maximum atomic E-state index is 12.2. The van der Waals surface area contributed by atoms with Crippen molar-refractivity contribution in [2.75, 3.05) is 19.8 Å². The highest BCUT2D eigenvalue weighted by Crippen LogP contribution is 2.36. The Hall–Kier alpha value is -2.99. The van der Waals surface area contributed by atoms with Crippen LogP contribution in [0.25, 0.3) is 0 Å². The molecule has 0 aromatic heterocycles. The Balaban J connectivity index is 2.05. The van der Waals surface area contributed by atoms with Crippen LogP contribution >= 0.6 is 11.6 Å². The summed E-state index contributed by atoms with van der Waals surface area (Å²) in [6, 6.07) is 10.3. The number of amides is 1. The van der Waals surface area contributed by atoms with E-state index in [2.05, 4.69) is 17.1 Å². The lowest BCUT2D eigenvalue weighted by Gasteiger charge is -2.13. The zero-order valence-electron chi connectivity index (χ0n) is 16.6. The SMILES string of the molecule is C=CCOc1c(Cl)cc(/C=N\NC(=O)c2ccc(OCCC)cc2)cc1OCC. The molecule has 0 radical (unpaired) electrons. The van der Waals surface area contributed by atoms with Crippen molar-refractivity contribution < 1.29 is 19.0 Å². The first-order valence-corrected chi connectivity index (χ1v) is 9.73. The largest absolute Gasteiger partial charge is 0.494 e. The van der Waals surface area contributed by atoms with Gasteiger partial charge in [0.25, 0.3) is 5.91 Å². The van der Waals surface area contributed by atoms with E-state index < -0.39 is 0 Å². The molecule has 0 atom stereocenters. The molecule has 154 valence electrons. The molecule has 6 nitrogen and oxygen atoms in total. The first kappa shape index (κ1) is 22.3. The molecule has 0 aliphatic heterocycles. The summed E-state index contributed by atoms with van der Waals surface area (Å²) < 4.78 is 16.7. The summed E-state index contributed by atoms with van der Waals surface area (Å²) in [4.78, 5) is 12.2. The second-order valence-corrected chi connectivity index (χ2v) is 6.34. The van der Waals surface area contributed by atoms with E-state index in [1.165, 1.54) is 6.21 Å². The molecular weight excluding hydrogens is 392 g/mol. The molecule has 0 spiro atoms. The molecular formula is C22H25ClN2O4. The molecule has 2 rings (SSSR count). The van der Waals surface area contributed by atoms with Gasteiger partial charge in [0.2, 0.25) is 0 Å². The number of nitrogens with one attached hydrogen (secondary N) is 1. The van der Waals surface area contributed by atoms with Crippen LogP contribution < -0.4 is 19.6 Å². The Morgan fingerprint density at radius 2 is 1.93 bits per heavy atom. The predicted octanol–water partition coefficient (Wildman–Crippen LogP) is 4.86. The van der Waals surface area contributed by atoms with Gasteiger partial charge in [0, 0.05) is 5.56 Å². The fourth-order valence-corrected chi connectivity index (χ4v) is 2.63. The fourth-order valence-electron chi connectivity index (χ4n) is 2.36. The van der Waals surface area contributed by atoms with Gasteiger partial charge in [-0.3, -0.25) is 4.79 Å². The minimum absolute atomic E-state index is 0.311. The van der Waals surface area contributed by atoms with Crippen LogP contribution in [0.2, 0.25) is 5.02 Å². The highest BCUT2D eigenvalue weighted by molar-refractivity contribution is 6.32. The number of ether oxygens (including phenoxy) is 3. The van der Waals surface area contributed by atoms with E-state index in [0.29, 0.717) is 47.5 Å². The number of nitrogens with zero attached hydrogens (tertiary/aromatic N) is 1. The van der Waals surface area contributed by atoms with E-state index in [1.807, 2.05) is 13.8 Å². The van der Waals surface area contributed by atoms with Gasteiger partial charge in [0.1, 0.15) is 12.4 Å². The summed E-state index contributed by atoms with van der Waals surface area (Å²) in [5.74, 6) is 1.34. The summed E-state index contributed by atoms with van der Waals surface area (Å²) in [6.07, 6.45) is 4.04. The first-order chi connectivity index (χ1) is 14.1. The Morgan fingerprint density at radius 1 is 1.17 bits per heavy atom. The summed E-state index contributed by atoms with van der Waals surface area (Å²) in [7, 11) is 0. The van der Waals surface area contributed by atoms with E-state index in [0.717, 1.165) is 12.2 Å². The van der Waals surface area contributed by atoms with Crippen molar-refractivity contribution >= 4 is 23.7 Å². The minimum Gasteiger partial charge on any atom is -0.494 e. The average Bonchev–Trinajstić information content (AvgIpc) is 2.72. The number of halogens is 1. The highest BCUT2D eigenvalue weighted by Gasteiger charge is 2.12. The zero-order chi connectivity index (χ0) is 21.1. The molecule has 7 heteroatoms. The van der Waals surface area contributed by atoms with E-state index in [9.17, 15) is 4.79 Å². The van der Waals surface area contributed by atoms with Crippen molar-refractivity contribution in [3.8, 4) is 17.2 Å². The maximum absolute atomic E-state index is 12.2. The van der Waals surface area contributed by atoms with Crippen molar-refractivity contribution in [3.05, 3.63) is 65.2 Å². The zero-order valence-corrected chi connectivity index (χ0v) is 17.4. The molecule has 0 saturated heterocycles. The van der Waals surface area contributed by atoms with Gasteiger partial charge in [-0.05, 0) is 55.3 Å². The third kappa shape index (κ3) is 6.84. The molecule has 29 heavy (non-hydrogen) atoms. The Labute approximate surface area is 176 Å². The van der Waals surface area contributed by atoms with Gasteiger partial charge in [0.15, 0.2) is 11.5 Å². The number of hydrogen-bond donors (Lipinski definition) is 1. The minimum atomic E-state index is -0.328. The molecule has 0 bridgehead atoms. The third-order valence-corrected chi connectivity index (χ3v) is 3.93. The van der Waals surface area contributed by atoms with Gasteiger partial charge in [0.05, 0.1) is 24.5 Å². The number of hydrogen-bond acceptors (Lipinski definition) is 5. The fraction of sp³-hybridized carbons (Fsp3) is 0.273. The van der Waals surface area contributed by atoms with Gasteiger partial charge in [-0.25, -0.2) is 5.43 Å². The molecule has 2 aromatic carbocycles.